The lowest BCUT2D eigenvalue weighted by molar-refractivity contribution is -0.119. The lowest BCUT2D eigenvalue weighted by Crippen LogP contribution is -2.25. The van der Waals surface area contributed by atoms with Crippen molar-refractivity contribution in [3.05, 3.63) is 60.2 Å². The van der Waals surface area contributed by atoms with Gasteiger partial charge in [0, 0.05) is 25.0 Å². The molecule has 0 aliphatic heterocycles. The summed E-state index contributed by atoms with van der Waals surface area (Å²) in [7, 11) is 1.94. The van der Waals surface area contributed by atoms with Gasteiger partial charge in [0.2, 0.25) is 0 Å². The van der Waals surface area contributed by atoms with Gasteiger partial charge in [-0.15, -0.1) is 0 Å². The average molecular weight is 335 g/mol. The number of carbonyl (C=O) groups excluding carboxylic acids is 1. The molecule has 0 saturated carbocycles. The van der Waals surface area contributed by atoms with Gasteiger partial charge in [-0.25, -0.2) is 5.43 Å². The molecular weight excluding hydrogens is 314 g/mol. The highest BCUT2D eigenvalue weighted by molar-refractivity contribution is 5.84. The third kappa shape index (κ3) is 6.36. The summed E-state index contributed by atoms with van der Waals surface area (Å²) in [6, 6.07) is 19.4. The highest BCUT2D eigenvalue weighted by atomic mass is 16.2. The Morgan fingerprint density at radius 2 is 1.92 bits per heavy atom. The fourth-order valence-electron chi connectivity index (χ4n) is 2.12. The number of amides is 1. The van der Waals surface area contributed by atoms with Crippen LogP contribution in [0.25, 0.3) is 0 Å². The van der Waals surface area contributed by atoms with Crippen molar-refractivity contribution in [2.45, 2.75) is 6.42 Å². The lowest BCUT2D eigenvalue weighted by Gasteiger charge is -2.17. The number of benzene rings is 2. The minimum Gasteiger partial charge on any atom is -0.376 e. The van der Waals surface area contributed by atoms with Gasteiger partial charge in [-0.3, -0.25) is 4.79 Å². The smallest absolute Gasteiger partial charge is 0.259 e. The number of nitriles is 1. The van der Waals surface area contributed by atoms with Gasteiger partial charge in [-0.05, 0) is 29.8 Å². The fraction of sp³-hybridized carbons (Fsp3) is 0.211. The van der Waals surface area contributed by atoms with Crippen molar-refractivity contribution in [2.24, 2.45) is 5.10 Å². The van der Waals surface area contributed by atoms with Crippen LogP contribution in [0.3, 0.4) is 0 Å². The Hall–Kier alpha value is -3.33. The van der Waals surface area contributed by atoms with E-state index in [9.17, 15) is 4.79 Å². The molecule has 0 aromatic heterocycles. The number of carbonyl (C=O) groups is 1. The summed E-state index contributed by atoms with van der Waals surface area (Å²) in [6.45, 7) is 0.846. The van der Waals surface area contributed by atoms with Crippen LogP contribution in [-0.4, -0.2) is 32.3 Å². The lowest BCUT2D eigenvalue weighted by atomic mass is 10.2. The Labute approximate surface area is 147 Å². The minimum atomic E-state index is -0.215. The van der Waals surface area contributed by atoms with E-state index in [4.69, 9.17) is 5.26 Å². The van der Waals surface area contributed by atoms with Crippen LogP contribution in [0.4, 0.5) is 11.4 Å². The molecule has 6 nitrogen and oxygen atoms in total. The van der Waals surface area contributed by atoms with Crippen molar-refractivity contribution in [3.8, 4) is 6.07 Å². The Morgan fingerprint density at radius 3 is 2.60 bits per heavy atom. The number of anilines is 2. The number of rotatable bonds is 8. The van der Waals surface area contributed by atoms with Crippen LogP contribution >= 0.6 is 0 Å². The van der Waals surface area contributed by atoms with Crippen LogP contribution in [0, 0.1) is 11.3 Å². The van der Waals surface area contributed by atoms with Gasteiger partial charge in [-0.1, -0.05) is 30.3 Å². The van der Waals surface area contributed by atoms with Gasteiger partial charge in [0.15, 0.2) is 0 Å². The van der Waals surface area contributed by atoms with Crippen LogP contribution in [0.2, 0.25) is 0 Å². The first-order valence-electron chi connectivity index (χ1n) is 7.98. The van der Waals surface area contributed by atoms with Gasteiger partial charge in [0.25, 0.3) is 5.91 Å². The first-order chi connectivity index (χ1) is 12.2. The highest BCUT2D eigenvalue weighted by Gasteiger charge is 2.01. The van der Waals surface area contributed by atoms with E-state index in [-0.39, 0.29) is 12.5 Å². The maximum absolute atomic E-state index is 11.7. The molecule has 128 valence electrons. The van der Waals surface area contributed by atoms with Crippen molar-refractivity contribution in [2.75, 3.05) is 30.4 Å². The monoisotopic (exact) mass is 335 g/mol. The third-order valence-corrected chi connectivity index (χ3v) is 3.52. The van der Waals surface area contributed by atoms with Crippen LogP contribution in [0.15, 0.2) is 59.7 Å². The molecule has 2 aromatic carbocycles. The van der Waals surface area contributed by atoms with E-state index in [1.54, 1.807) is 6.21 Å². The van der Waals surface area contributed by atoms with E-state index in [2.05, 4.69) is 21.9 Å². The second-order valence-electron chi connectivity index (χ2n) is 5.43. The standard InChI is InChI=1S/C19H21N5O/c1-24(13-5-12-20)18-10-8-16(9-11-18)14-22-23-19(25)15-21-17-6-3-2-4-7-17/h2-4,6-11,14,21H,5,13,15H2,1H3,(H,23,25)/b22-14-. The molecule has 2 aromatic rings. The molecule has 0 aliphatic rings. The van der Waals surface area contributed by atoms with E-state index in [1.165, 1.54) is 0 Å². The maximum Gasteiger partial charge on any atom is 0.259 e. The molecule has 0 radical (unpaired) electrons. The molecular formula is C19H21N5O. The summed E-state index contributed by atoms with van der Waals surface area (Å²) in [5.74, 6) is -0.215. The number of hydrogen-bond acceptors (Lipinski definition) is 5. The third-order valence-electron chi connectivity index (χ3n) is 3.52. The topological polar surface area (TPSA) is 80.5 Å². The Balaban J connectivity index is 1.77. The number of nitrogens with zero attached hydrogens (tertiary/aromatic N) is 3. The summed E-state index contributed by atoms with van der Waals surface area (Å²) in [4.78, 5) is 13.7. The molecule has 0 aliphatic carbocycles. The molecule has 0 unspecified atom stereocenters. The van der Waals surface area contributed by atoms with Gasteiger partial charge in [0.1, 0.15) is 0 Å². The molecule has 6 heteroatoms. The van der Waals surface area contributed by atoms with E-state index in [0.717, 1.165) is 16.9 Å². The quantitative estimate of drug-likeness (QED) is 0.574. The molecule has 2 rings (SSSR count). The summed E-state index contributed by atoms with van der Waals surface area (Å²) in [5, 5.41) is 15.6. The predicted molar refractivity (Wildman–Crippen MR) is 101 cm³/mol. The number of hydrazone groups is 1. The molecule has 0 atom stereocenters. The molecule has 0 fully saturated rings. The summed E-state index contributed by atoms with van der Waals surface area (Å²) in [6.07, 6.45) is 2.09. The van der Waals surface area contributed by atoms with Crippen molar-refractivity contribution in [1.82, 2.24) is 5.43 Å². The molecule has 0 heterocycles. The number of para-hydroxylation sites is 1. The van der Waals surface area contributed by atoms with Gasteiger partial charge in [-0.2, -0.15) is 10.4 Å². The second kappa shape index (κ2) is 9.73. The van der Waals surface area contributed by atoms with Crippen molar-refractivity contribution in [1.29, 1.82) is 5.26 Å². The van der Waals surface area contributed by atoms with Crippen LogP contribution in [-0.2, 0) is 4.79 Å². The van der Waals surface area contributed by atoms with Crippen molar-refractivity contribution >= 4 is 23.5 Å². The zero-order chi connectivity index (χ0) is 17.9. The van der Waals surface area contributed by atoms with Gasteiger partial charge >= 0.3 is 0 Å². The van der Waals surface area contributed by atoms with E-state index < -0.39 is 0 Å². The summed E-state index contributed by atoms with van der Waals surface area (Å²) < 4.78 is 0. The summed E-state index contributed by atoms with van der Waals surface area (Å²) in [5.41, 5.74) is 5.29. The maximum atomic E-state index is 11.7. The summed E-state index contributed by atoms with van der Waals surface area (Å²) >= 11 is 0. The van der Waals surface area contributed by atoms with E-state index in [1.807, 2.05) is 66.5 Å². The van der Waals surface area contributed by atoms with Crippen LogP contribution in [0.1, 0.15) is 12.0 Å². The average Bonchev–Trinajstić information content (AvgIpc) is 2.66. The van der Waals surface area contributed by atoms with E-state index >= 15 is 0 Å². The van der Waals surface area contributed by atoms with Crippen molar-refractivity contribution < 1.29 is 4.79 Å². The second-order valence-corrected chi connectivity index (χ2v) is 5.43. The first-order valence-corrected chi connectivity index (χ1v) is 7.98. The first kappa shape index (κ1) is 18.0. The molecule has 25 heavy (non-hydrogen) atoms. The minimum absolute atomic E-state index is 0.157. The zero-order valence-electron chi connectivity index (χ0n) is 14.1. The highest BCUT2D eigenvalue weighted by Crippen LogP contribution is 2.13. The predicted octanol–water partition coefficient (Wildman–Crippen LogP) is 2.60. The number of nitrogens with one attached hydrogen (secondary N) is 2. The van der Waals surface area contributed by atoms with Crippen LogP contribution < -0.4 is 15.6 Å². The molecule has 1 amide bonds. The van der Waals surface area contributed by atoms with Gasteiger partial charge < -0.3 is 10.2 Å². The Morgan fingerprint density at radius 1 is 1.20 bits per heavy atom. The van der Waals surface area contributed by atoms with Crippen molar-refractivity contribution in [3.63, 3.8) is 0 Å². The van der Waals surface area contributed by atoms with Gasteiger partial charge in [0.05, 0.1) is 25.2 Å². The number of hydrogen-bond donors (Lipinski definition) is 2. The molecule has 0 saturated heterocycles. The fourth-order valence-corrected chi connectivity index (χ4v) is 2.12. The molecule has 0 spiro atoms. The molecule has 0 bridgehead atoms. The zero-order valence-corrected chi connectivity index (χ0v) is 14.1. The Kier molecular flexibility index (Phi) is 7.01. The normalized spacial score (nSPS) is 10.2. The molecule has 2 N–H and O–H groups in total. The van der Waals surface area contributed by atoms with Crippen LogP contribution in [0.5, 0.6) is 0 Å². The largest absolute Gasteiger partial charge is 0.376 e. The van der Waals surface area contributed by atoms with E-state index in [0.29, 0.717) is 13.0 Å². The SMILES string of the molecule is CN(CCC#N)c1ccc(/C=N\NC(=O)CNc2ccccc2)cc1. The Bertz CT molecular complexity index is 735.